The maximum absolute atomic E-state index is 10.7. The monoisotopic (exact) mass is 306 g/mol. The van der Waals surface area contributed by atoms with E-state index in [0.29, 0.717) is 15.1 Å². The topological polar surface area (TPSA) is 73.3 Å². The SMILES string of the molecule is O=[N+]([O-])c1ccc(Sc2nnc3ccccn23)c(Cl)c1. The minimum Gasteiger partial charge on any atom is -0.277 e. The van der Waals surface area contributed by atoms with Crippen LogP contribution in [0.3, 0.4) is 0 Å². The van der Waals surface area contributed by atoms with Crippen molar-refractivity contribution >= 4 is 34.7 Å². The van der Waals surface area contributed by atoms with Crippen LogP contribution in [0.25, 0.3) is 5.65 Å². The van der Waals surface area contributed by atoms with E-state index in [1.165, 1.54) is 23.9 Å². The average molecular weight is 307 g/mol. The van der Waals surface area contributed by atoms with Crippen LogP contribution in [0.15, 0.2) is 52.6 Å². The molecule has 8 heteroatoms. The fourth-order valence-electron chi connectivity index (χ4n) is 1.67. The molecule has 0 spiro atoms. The molecule has 20 heavy (non-hydrogen) atoms. The molecule has 0 saturated carbocycles. The van der Waals surface area contributed by atoms with E-state index < -0.39 is 4.92 Å². The molecule has 0 amide bonds. The molecule has 100 valence electrons. The minimum atomic E-state index is -0.479. The van der Waals surface area contributed by atoms with Crippen LogP contribution in [0.2, 0.25) is 5.02 Å². The predicted molar refractivity (Wildman–Crippen MR) is 75.2 cm³/mol. The first-order valence-electron chi connectivity index (χ1n) is 5.57. The lowest BCUT2D eigenvalue weighted by Gasteiger charge is -2.02. The molecule has 0 unspecified atom stereocenters. The molecule has 0 fully saturated rings. The number of fused-ring (bicyclic) bond motifs is 1. The number of nitrogens with zero attached hydrogens (tertiary/aromatic N) is 4. The lowest BCUT2D eigenvalue weighted by Crippen LogP contribution is -1.89. The van der Waals surface area contributed by atoms with Crippen molar-refractivity contribution in [1.82, 2.24) is 14.6 Å². The largest absolute Gasteiger partial charge is 0.277 e. The normalized spacial score (nSPS) is 10.8. The number of nitro groups is 1. The summed E-state index contributed by atoms with van der Waals surface area (Å²) < 4.78 is 1.82. The standard InChI is InChI=1S/C12H7ClN4O2S/c13-9-7-8(17(18)19)4-5-10(9)20-12-15-14-11-3-1-2-6-16(11)12/h1-7H. The molecule has 0 N–H and O–H groups in total. The van der Waals surface area contributed by atoms with Crippen LogP contribution in [-0.4, -0.2) is 19.5 Å². The molecule has 2 aromatic heterocycles. The molecule has 0 atom stereocenters. The van der Waals surface area contributed by atoms with Crippen molar-refractivity contribution in [1.29, 1.82) is 0 Å². The van der Waals surface area contributed by atoms with Gasteiger partial charge in [0.15, 0.2) is 10.8 Å². The summed E-state index contributed by atoms with van der Waals surface area (Å²) >= 11 is 7.36. The zero-order valence-electron chi connectivity index (χ0n) is 9.93. The highest BCUT2D eigenvalue weighted by atomic mass is 35.5. The molecule has 3 rings (SSSR count). The molecule has 3 aromatic rings. The number of pyridine rings is 1. The number of rotatable bonds is 3. The Hall–Kier alpha value is -2.12. The molecule has 0 radical (unpaired) electrons. The van der Waals surface area contributed by atoms with Gasteiger partial charge in [0.05, 0.1) is 9.95 Å². The quantitative estimate of drug-likeness (QED) is 0.547. The summed E-state index contributed by atoms with van der Waals surface area (Å²) in [7, 11) is 0. The molecule has 0 aliphatic rings. The zero-order chi connectivity index (χ0) is 14.1. The van der Waals surface area contributed by atoms with Crippen LogP contribution < -0.4 is 0 Å². The second kappa shape index (κ2) is 5.10. The van der Waals surface area contributed by atoms with Gasteiger partial charge in [0.25, 0.3) is 5.69 Å². The molecule has 0 aliphatic carbocycles. The highest BCUT2D eigenvalue weighted by Gasteiger charge is 2.13. The summed E-state index contributed by atoms with van der Waals surface area (Å²) in [5.74, 6) is 0. The van der Waals surface area contributed by atoms with Crippen LogP contribution in [0.5, 0.6) is 0 Å². The highest BCUT2D eigenvalue weighted by Crippen LogP contribution is 2.34. The van der Waals surface area contributed by atoms with Crippen molar-refractivity contribution in [3.05, 3.63) is 57.7 Å². The molecule has 0 aliphatic heterocycles. The molecule has 0 bridgehead atoms. The van der Waals surface area contributed by atoms with Crippen molar-refractivity contribution in [2.75, 3.05) is 0 Å². The first-order valence-corrected chi connectivity index (χ1v) is 6.76. The van der Waals surface area contributed by atoms with Gasteiger partial charge in [-0.2, -0.15) is 0 Å². The number of halogens is 1. The van der Waals surface area contributed by atoms with Crippen LogP contribution in [0.1, 0.15) is 0 Å². The summed E-state index contributed by atoms with van der Waals surface area (Å²) in [5, 5.41) is 19.7. The Labute approximate surface area is 122 Å². The minimum absolute atomic E-state index is 0.0366. The first-order chi connectivity index (χ1) is 9.65. The summed E-state index contributed by atoms with van der Waals surface area (Å²) in [6.07, 6.45) is 1.84. The Balaban J connectivity index is 1.97. The van der Waals surface area contributed by atoms with Crippen LogP contribution in [0.4, 0.5) is 5.69 Å². The van der Waals surface area contributed by atoms with Gasteiger partial charge in [0.1, 0.15) is 0 Å². The lowest BCUT2D eigenvalue weighted by atomic mass is 10.3. The molecule has 1 aromatic carbocycles. The van der Waals surface area contributed by atoms with Crippen molar-refractivity contribution in [3.63, 3.8) is 0 Å². The van der Waals surface area contributed by atoms with Gasteiger partial charge in [0, 0.05) is 23.2 Å². The summed E-state index contributed by atoms with van der Waals surface area (Å²) in [6, 6.07) is 9.93. The number of non-ortho nitro benzene ring substituents is 1. The number of hydrogen-bond acceptors (Lipinski definition) is 5. The summed E-state index contributed by atoms with van der Waals surface area (Å²) in [5.41, 5.74) is 0.693. The number of aromatic nitrogens is 3. The number of benzene rings is 1. The van der Waals surface area contributed by atoms with Crippen molar-refractivity contribution in [2.45, 2.75) is 10.1 Å². The second-order valence-corrected chi connectivity index (χ2v) is 5.30. The maximum atomic E-state index is 10.7. The van der Waals surface area contributed by atoms with E-state index >= 15 is 0 Å². The van der Waals surface area contributed by atoms with Gasteiger partial charge in [-0.1, -0.05) is 17.7 Å². The summed E-state index contributed by atoms with van der Waals surface area (Å²) in [6.45, 7) is 0. The predicted octanol–water partition coefficient (Wildman–Crippen LogP) is 3.44. The van der Waals surface area contributed by atoms with Gasteiger partial charge in [-0.25, -0.2) is 0 Å². The van der Waals surface area contributed by atoms with E-state index in [0.717, 1.165) is 5.65 Å². The van der Waals surface area contributed by atoms with Gasteiger partial charge in [-0.05, 0) is 30.0 Å². The Morgan fingerprint density at radius 1 is 1.25 bits per heavy atom. The molecular weight excluding hydrogens is 300 g/mol. The maximum Gasteiger partial charge on any atom is 0.270 e. The van der Waals surface area contributed by atoms with Crippen LogP contribution in [-0.2, 0) is 0 Å². The van der Waals surface area contributed by atoms with Crippen molar-refractivity contribution < 1.29 is 4.92 Å². The van der Waals surface area contributed by atoms with Gasteiger partial charge in [0.2, 0.25) is 0 Å². The van der Waals surface area contributed by atoms with E-state index in [1.54, 1.807) is 6.07 Å². The lowest BCUT2D eigenvalue weighted by molar-refractivity contribution is -0.384. The average Bonchev–Trinajstić information content (AvgIpc) is 2.84. The van der Waals surface area contributed by atoms with Gasteiger partial charge >= 0.3 is 0 Å². The number of nitro benzene ring substituents is 1. The van der Waals surface area contributed by atoms with Crippen molar-refractivity contribution in [2.24, 2.45) is 0 Å². The third-order valence-corrected chi connectivity index (χ3v) is 4.07. The third kappa shape index (κ3) is 2.33. The van der Waals surface area contributed by atoms with E-state index in [9.17, 15) is 10.1 Å². The smallest absolute Gasteiger partial charge is 0.270 e. The molecule has 6 nitrogen and oxygen atoms in total. The van der Waals surface area contributed by atoms with E-state index in [4.69, 9.17) is 11.6 Å². The fraction of sp³-hybridized carbons (Fsp3) is 0. The van der Waals surface area contributed by atoms with Gasteiger partial charge < -0.3 is 0 Å². The van der Waals surface area contributed by atoms with E-state index in [1.807, 2.05) is 28.8 Å². The Morgan fingerprint density at radius 2 is 2.10 bits per heavy atom. The van der Waals surface area contributed by atoms with Gasteiger partial charge in [-0.15, -0.1) is 10.2 Å². The van der Waals surface area contributed by atoms with Crippen LogP contribution in [0, 0.1) is 10.1 Å². The fourth-order valence-corrected chi connectivity index (χ4v) is 2.79. The molecule has 0 saturated heterocycles. The van der Waals surface area contributed by atoms with E-state index in [2.05, 4.69) is 10.2 Å². The second-order valence-electron chi connectivity index (χ2n) is 3.89. The highest BCUT2D eigenvalue weighted by molar-refractivity contribution is 7.99. The first kappa shape index (κ1) is 12.9. The molecule has 2 heterocycles. The van der Waals surface area contributed by atoms with E-state index in [-0.39, 0.29) is 5.69 Å². The van der Waals surface area contributed by atoms with Crippen LogP contribution >= 0.6 is 23.4 Å². The summed E-state index contributed by atoms with van der Waals surface area (Å²) in [4.78, 5) is 10.9. The van der Waals surface area contributed by atoms with Crippen molar-refractivity contribution in [3.8, 4) is 0 Å². The van der Waals surface area contributed by atoms with Gasteiger partial charge in [-0.3, -0.25) is 14.5 Å². The number of hydrogen-bond donors (Lipinski definition) is 0. The zero-order valence-corrected chi connectivity index (χ0v) is 11.5. The Bertz CT molecular complexity index is 805. The Kier molecular flexibility index (Phi) is 3.29. The molecular formula is C12H7ClN4O2S. The Morgan fingerprint density at radius 3 is 2.85 bits per heavy atom. The third-order valence-electron chi connectivity index (χ3n) is 2.61.